The van der Waals surface area contributed by atoms with Crippen molar-refractivity contribution in [3.8, 4) is 11.8 Å². The van der Waals surface area contributed by atoms with E-state index in [1.807, 2.05) is 24.3 Å². The molecule has 0 spiro atoms. The van der Waals surface area contributed by atoms with E-state index >= 15 is 0 Å². The Labute approximate surface area is 121 Å². The molecule has 5 heteroatoms. The Morgan fingerprint density at radius 3 is 3.05 bits per heavy atom. The van der Waals surface area contributed by atoms with E-state index in [1.165, 1.54) is 11.3 Å². The molecule has 0 aliphatic rings. The van der Waals surface area contributed by atoms with E-state index in [1.54, 1.807) is 12.4 Å². The van der Waals surface area contributed by atoms with Crippen LogP contribution in [0.4, 0.5) is 0 Å². The maximum Gasteiger partial charge on any atom is 0.224 e. The first kappa shape index (κ1) is 14.3. The Hall–Kier alpha value is -2.16. The molecular weight excluding hydrogens is 272 g/mol. The molecule has 0 radical (unpaired) electrons. The summed E-state index contributed by atoms with van der Waals surface area (Å²) in [6.45, 7) is 0.347. The minimum atomic E-state index is -0.144. The van der Waals surface area contributed by atoms with E-state index in [0.717, 1.165) is 15.3 Å². The number of aliphatic hydroxyl groups excluding tert-OH is 1. The van der Waals surface area contributed by atoms with Crippen LogP contribution < -0.4 is 5.32 Å². The van der Waals surface area contributed by atoms with Crippen molar-refractivity contribution in [3.63, 3.8) is 0 Å². The van der Waals surface area contributed by atoms with Gasteiger partial charge < -0.3 is 10.4 Å². The first-order valence-corrected chi connectivity index (χ1v) is 6.93. The summed E-state index contributed by atoms with van der Waals surface area (Å²) in [6.07, 6.45) is 3.70. The third kappa shape index (κ3) is 4.50. The van der Waals surface area contributed by atoms with Crippen LogP contribution in [0.5, 0.6) is 0 Å². The Kier molecular flexibility index (Phi) is 5.30. The largest absolute Gasteiger partial charge is 0.384 e. The van der Waals surface area contributed by atoms with E-state index in [-0.39, 0.29) is 12.5 Å². The molecule has 2 heterocycles. The van der Waals surface area contributed by atoms with Crippen molar-refractivity contribution >= 4 is 17.2 Å². The van der Waals surface area contributed by atoms with Crippen LogP contribution in [0, 0.1) is 11.8 Å². The van der Waals surface area contributed by atoms with Gasteiger partial charge in [0.1, 0.15) is 6.61 Å². The van der Waals surface area contributed by atoms with E-state index in [9.17, 15) is 4.79 Å². The number of pyridine rings is 1. The number of aromatic nitrogens is 1. The highest BCUT2D eigenvalue weighted by atomic mass is 32.1. The molecular formula is C15H14N2O2S. The summed E-state index contributed by atoms with van der Waals surface area (Å²) in [7, 11) is 0. The normalized spacial score (nSPS) is 9.65. The van der Waals surface area contributed by atoms with Gasteiger partial charge in [-0.3, -0.25) is 9.78 Å². The van der Waals surface area contributed by atoms with Crippen LogP contribution in [0.2, 0.25) is 0 Å². The molecule has 20 heavy (non-hydrogen) atoms. The van der Waals surface area contributed by atoms with Crippen molar-refractivity contribution in [1.29, 1.82) is 0 Å². The van der Waals surface area contributed by atoms with Gasteiger partial charge in [0, 0.05) is 17.3 Å². The van der Waals surface area contributed by atoms with E-state index in [2.05, 4.69) is 22.1 Å². The molecule has 0 aliphatic carbocycles. The lowest BCUT2D eigenvalue weighted by Crippen LogP contribution is -2.24. The topological polar surface area (TPSA) is 62.2 Å². The first-order valence-electron chi connectivity index (χ1n) is 6.12. The van der Waals surface area contributed by atoms with Crippen molar-refractivity contribution in [1.82, 2.24) is 10.3 Å². The molecule has 0 aromatic carbocycles. The van der Waals surface area contributed by atoms with Crippen molar-refractivity contribution < 1.29 is 9.90 Å². The van der Waals surface area contributed by atoms with Crippen LogP contribution in [0.25, 0.3) is 0 Å². The Balaban J connectivity index is 1.83. The molecule has 0 saturated carbocycles. The molecule has 1 amide bonds. The van der Waals surface area contributed by atoms with E-state index in [4.69, 9.17) is 5.11 Å². The highest BCUT2D eigenvalue weighted by Crippen LogP contribution is 2.15. The maximum atomic E-state index is 11.8. The Bertz CT molecular complexity index is 626. The molecule has 0 atom stereocenters. The van der Waals surface area contributed by atoms with Gasteiger partial charge in [0.2, 0.25) is 5.91 Å². The summed E-state index contributed by atoms with van der Waals surface area (Å²) >= 11 is 1.51. The SMILES string of the molecule is O=C(Cc1cccnc1)NCc1ccc(C#CCO)s1. The molecule has 0 bridgehead atoms. The van der Waals surface area contributed by atoms with Crippen molar-refractivity contribution in [2.24, 2.45) is 0 Å². The standard InChI is InChI=1S/C15H14N2O2S/c18-8-2-4-13-5-6-14(20-13)11-17-15(19)9-12-3-1-7-16-10-12/h1,3,5-7,10,18H,8-9,11H2,(H,17,19). The van der Waals surface area contributed by atoms with Crippen LogP contribution >= 0.6 is 11.3 Å². The van der Waals surface area contributed by atoms with Gasteiger partial charge >= 0.3 is 0 Å². The van der Waals surface area contributed by atoms with Crippen molar-refractivity contribution in [2.45, 2.75) is 13.0 Å². The minimum Gasteiger partial charge on any atom is -0.384 e. The number of hydrogen-bond donors (Lipinski definition) is 2. The fourth-order valence-corrected chi connectivity index (χ4v) is 2.43. The smallest absolute Gasteiger partial charge is 0.224 e. The number of aliphatic hydroxyl groups is 1. The zero-order chi connectivity index (χ0) is 14.2. The lowest BCUT2D eigenvalue weighted by Gasteiger charge is -2.03. The lowest BCUT2D eigenvalue weighted by atomic mass is 10.2. The molecule has 2 N–H and O–H groups in total. The monoisotopic (exact) mass is 286 g/mol. The number of rotatable bonds is 4. The number of nitrogens with zero attached hydrogens (tertiary/aromatic N) is 1. The molecule has 4 nitrogen and oxygen atoms in total. The molecule has 2 rings (SSSR count). The van der Waals surface area contributed by atoms with Gasteiger partial charge in [-0.1, -0.05) is 17.9 Å². The van der Waals surface area contributed by atoms with Crippen molar-refractivity contribution in [2.75, 3.05) is 6.61 Å². The van der Waals surface area contributed by atoms with Gasteiger partial charge in [-0.25, -0.2) is 0 Å². The van der Waals surface area contributed by atoms with Crippen LogP contribution in [0.15, 0.2) is 36.7 Å². The third-order valence-corrected chi connectivity index (χ3v) is 3.50. The second-order valence-electron chi connectivity index (χ2n) is 4.04. The summed E-state index contributed by atoms with van der Waals surface area (Å²) < 4.78 is 0. The fraction of sp³-hybridized carbons (Fsp3) is 0.200. The van der Waals surface area contributed by atoms with Crippen LogP contribution in [-0.4, -0.2) is 22.6 Å². The van der Waals surface area contributed by atoms with Crippen LogP contribution in [0.3, 0.4) is 0 Å². The Morgan fingerprint density at radius 2 is 2.30 bits per heavy atom. The second kappa shape index (κ2) is 7.43. The molecule has 0 saturated heterocycles. The lowest BCUT2D eigenvalue weighted by molar-refractivity contribution is -0.120. The van der Waals surface area contributed by atoms with Gasteiger partial charge in [0.05, 0.1) is 17.8 Å². The zero-order valence-electron chi connectivity index (χ0n) is 10.8. The number of thiophene rings is 1. The third-order valence-electron chi connectivity index (χ3n) is 2.50. The van der Waals surface area contributed by atoms with Gasteiger partial charge in [0.15, 0.2) is 0 Å². The maximum absolute atomic E-state index is 11.8. The predicted molar refractivity (Wildman–Crippen MR) is 78.1 cm³/mol. The number of carbonyl (C=O) groups excluding carboxylic acids is 1. The van der Waals surface area contributed by atoms with Gasteiger partial charge in [0.25, 0.3) is 0 Å². The molecule has 0 fully saturated rings. The number of amides is 1. The highest BCUT2D eigenvalue weighted by molar-refractivity contribution is 7.12. The fourth-order valence-electron chi connectivity index (χ4n) is 1.60. The van der Waals surface area contributed by atoms with Gasteiger partial charge in [-0.2, -0.15) is 0 Å². The Morgan fingerprint density at radius 1 is 1.40 bits per heavy atom. The summed E-state index contributed by atoms with van der Waals surface area (Å²) in [4.78, 5) is 17.7. The summed E-state index contributed by atoms with van der Waals surface area (Å²) in [5, 5.41) is 11.5. The van der Waals surface area contributed by atoms with Crippen LogP contribution in [0.1, 0.15) is 15.3 Å². The number of hydrogen-bond acceptors (Lipinski definition) is 4. The predicted octanol–water partition coefficient (Wildman–Crippen LogP) is 1.35. The average molecular weight is 286 g/mol. The van der Waals surface area contributed by atoms with Crippen molar-refractivity contribution in [3.05, 3.63) is 52.0 Å². The zero-order valence-corrected chi connectivity index (χ0v) is 11.6. The molecule has 0 aliphatic heterocycles. The number of nitrogens with one attached hydrogen (secondary N) is 1. The van der Waals surface area contributed by atoms with E-state index < -0.39 is 0 Å². The minimum absolute atomic E-state index is 0.0330. The highest BCUT2D eigenvalue weighted by Gasteiger charge is 2.04. The summed E-state index contributed by atoms with van der Waals surface area (Å²) in [6, 6.07) is 7.50. The molecule has 2 aromatic heterocycles. The average Bonchev–Trinajstić information content (AvgIpc) is 2.92. The van der Waals surface area contributed by atoms with Crippen LogP contribution in [-0.2, 0) is 17.8 Å². The molecule has 102 valence electrons. The second-order valence-corrected chi connectivity index (χ2v) is 5.21. The quantitative estimate of drug-likeness (QED) is 0.834. The molecule has 0 unspecified atom stereocenters. The molecule has 2 aromatic rings. The summed E-state index contributed by atoms with van der Waals surface area (Å²) in [5.41, 5.74) is 0.894. The van der Waals surface area contributed by atoms with Gasteiger partial charge in [-0.05, 0) is 23.8 Å². The number of carbonyl (C=O) groups is 1. The van der Waals surface area contributed by atoms with E-state index in [0.29, 0.717) is 13.0 Å². The first-order chi connectivity index (χ1) is 9.78. The summed E-state index contributed by atoms with van der Waals surface area (Å²) in [5.74, 6) is 5.40. The van der Waals surface area contributed by atoms with Gasteiger partial charge in [-0.15, -0.1) is 11.3 Å².